The van der Waals surface area contributed by atoms with Gasteiger partial charge in [0.05, 0.1) is 5.56 Å². The van der Waals surface area contributed by atoms with Gasteiger partial charge in [-0.25, -0.2) is 0 Å². The largest absolute Gasteiger partial charge is 0.489 e. The molecule has 1 heterocycles. The van der Waals surface area contributed by atoms with Crippen LogP contribution in [0.15, 0.2) is 78.6 Å². The highest BCUT2D eigenvalue weighted by Gasteiger charge is 2.27. The van der Waals surface area contributed by atoms with Gasteiger partial charge in [-0.15, -0.1) is 0 Å². The van der Waals surface area contributed by atoms with E-state index in [1.807, 2.05) is 73.6 Å². The zero-order chi connectivity index (χ0) is 19.5. The summed E-state index contributed by atoms with van der Waals surface area (Å²) in [6, 6.07) is 23.2. The van der Waals surface area contributed by atoms with Crippen LogP contribution in [0.4, 0.5) is 5.69 Å². The van der Waals surface area contributed by atoms with Crippen molar-refractivity contribution in [1.29, 1.82) is 0 Å². The molecule has 0 bridgehead atoms. The van der Waals surface area contributed by atoms with Crippen molar-refractivity contribution in [2.45, 2.75) is 6.61 Å². The molecule has 0 aliphatic carbocycles. The Kier molecular flexibility index (Phi) is 4.85. The lowest BCUT2D eigenvalue weighted by molar-refractivity contribution is 0.101. The van der Waals surface area contributed by atoms with Crippen LogP contribution in [0, 0.1) is 0 Å². The summed E-state index contributed by atoms with van der Waals surface area (Å²) < 4.78 is 11.6. The van der Waals surface area contributed by atoms with E-state index in [4.69, 9.17) is 9.47 Å². The third-order valence-electron chi connectivity index (χ3n) is 4.60. The Morgan fingerprint density at radius 1 is 0.964 bits per heavy atom. The van der Waals surface area contributed by atoms with Gasteiger partial charge in [0.1, 0.15) is 18.1 Å². The maximum Gasteiger partial charge on any atom is 0.231 e. The van der Waals surface area contributed by atoms with E-state index in [1.165, 1.54) is 0 Å². The minimum atomic E-state index is -0.110. The molecule has 0 saturated heterocycles. The number of anilines is 1. The third-order valence-corrected chi connectivity index (χ3v) is 4.60. The van der Waals surface area contributed by atoms with Crippen LogP contribution in [0.2, 0.25) is 0 Å². The van der Waals surface area contributed by atoms with E-state index in [1.54, 1.807) is 24.3 Å². The van der Waals surface area contributed by atoms with Crippen LogP contribution in [0.3, 0.4) is 0 Å². The Hall–Kier alpha value is -3.53. The number of nitrogens with zero attached hydrogens (tertiary/aromatic N) is 1. The van der Waals surface area contributed by atoms with Gasteiger partial charge in [-0.2, -0.15) is 0 Å². The molecule has 3 aromatic rings. The lowest BCUT2D eigenvalue weighted by Gasteiger charge is -2.11. The quantitative estimate of drug-likeness (QED) is 0.595. The molecule has 28 heavy (non-hydrogen) atoms. The number of hydrogen-bond donors (Lipinski definition) is 0. The van der Waals surface area contributed by atoms with Gasteiger partial charge < -0.3 is 14.4 Å². The summed E-state index contributed by atoms with van der Waals surface area (Å²) in [7, 11) is 3.98. The van der Waals surface area contributed by atoms with Gasteiger partial charge in [0.25, 0.3) is 0 Å². The molecule has 0 aromatic heterocycles. The summed E-state index contributed by atoms with van der Waals surface area (Å²) in [5.74, 6) is 1.42. The number of fused-ring (bicyclic) bond motifs is 1. The summed E-state index contributed by atoms with van der Waals surface area (Å²) >= 11 is 0. The van der Waals surface area contributed by atoms with Crippen molar-refractivity contribution in [2.75, 3.05) is 19.0 Å². The van der Waals surface area contributed by atoms with E-state index in [-0.39, 0.29) is 5.78 Å². The first-order chi connectivity index (χ1) is 13.6. The molecule has 0 saturated carbocycles. The molecular weight excluding hydrogens is 350 g/mol. The van der Waals surface area contributed by atoms with Crippen molar-refractivity contribution >= 4 is 17.5 Å². The second-order valence-electron chi connectivity index (χ2n) is 6.86. The third kappa shape index (κ3) is 3.76. The second kappa shape index (κ2) is 7.61. The number of ketones is 1. The maximum absolute atomic E-state index is 12.6. The van der Waals surface area contributed by atoms with Crippen molar-refractivity contribution < 1.29 is 14.3 Å². The molecule has 1 aliphatic rings. The fourth-order valence-corrected chi connectivity index (χ4v) is 3.02. The number of benzene rings is 3. The Bertz CT molecular complexity index is 1020. The van der Waals surface area contributed by atoms with Crippen LogP contribution in [0.5, 0.6) is 11.5 Å². The summed E-state index contributed by atoms with van der Waals surface area (Å²) in [6.45, 7) is 0.467. The fraction of sp³-hybridized carbons (Fsp3) is 0.125. The van der Waals surface area contributed by atoms with Gasteiger partial charge in [-0.05, 0) is 41.5 Å². The molecule has 0 radical (unpaired) electrons. The Morgan fingerprint density at radius 3 is 2.43 bits per heavy atom. The number of hydrogen-bond acceptors (Lipinski definition) is 4. The van der Waals surface area contributed by atoms with E-state index in [0.717, 1.165) is 16.8 Å². The number of ether oxygens (including phenoxy) is 2. The monoisotopic (exact) mass is 371 g/mol. The number of Topliss-reactive ketones (excluding diaryl/α,β-unsaturated/α-hetero) is 1. The molecule has 0 amide bonds. The van der Waals surface area contributed by atoms with Crippen LogP contribution in [-0.4, -0.2) is 19.9 Å². The lowest BCUT2D eigenvalue weighted by Crippen LogP contribution is -2.08. The normalized spacial score (nSPS) is 13.9. The molecular formula is C24H21NO3. The standard InChI is InChI=1S/C24H21NO3/c1-25(2)19-10-8-17(9-11-19)14-23-24(26)21-13-12-20(15-22(21)28-23)27-16-18-6-4-3-5-7-18/h3-15H,16H2,1-2H3/b23-14-. The van der Waals surface area contributed by atoms with E-state index in [9.17, 15) is 4.79 Å². The lowest BCUT2D eigenvalue weighted by atomic mass is 10.1. The molecule has 140 valence electrons. The van der Waals surface area contributed by atoms with Gasteiger partial charge in [-0.1, -0.05) is 42.5 Å². The zero-order valence-electron chi connectivity index (χ0n) is 15.9. The van der Waals surface area contributed by atoms with Crippen LogP contribution in [-0.2, 0) is 6.61 Å². The van der Waals surface area contributed by atoms with Gasteiger partial charge in [0, 0.05) is 25.8 Å². The molecule has 0 spiro atoms. The molecule has 4 nitrogen and oxygen atoms in total. The smallest absolute Gasteiger partial charge is 0.231 e. The predicted molar refractivity (Wildman–Crippen MR) is 111 cm³/mol. The van der Waals surface area contributed by atoms with E-state index in [2.05, 4.69) is 0 Å². The van der Waals surface area contributed by atoms with Crippen LogP contribution in [0.1, 0.15) is 21.5 Å². The Morgan fingerprint density at radius 2 is 1.71 bits per heavy atom. The summed E-state index contributed by atoms with van der Waals surface area (Å²) in [4.78, 5) is 14.7. The van der Waals surface area contributed by atoms with Crippen molar-refractivity contribution in [3.63, 3.8) is 0 Å². The minimum Gasteiger partial charge on any atom is -0.489 e. The molecule has 0 unspecified atom stereocenters. The van der Waals surface area contributed by atoms with Gasteiger partial charge in [0.15, 0.2) is 5.76 Å². The Labute approximate surface area is 164 Å². The van der Waals surface area contributed by atoms with Gasteiger partial charge in [-0.3, -0.25) is 4.79 Å². The predicted octanol–water partition coefficient (Wildman–Crippen LogP) is 4.95. The van der Waals surface area contributed by atoms with E-state index >= 15 is 0 Å². The Balaban J connectivity index is 1.49. The molecule has 1 aliphatic heterocycles. The first-order valence-corrected chi connectivity index (χ1v) is 9.12. The first kappa shape index (κ1) is 17.9. The van der Waals surface area contributed by atoms with Crippen LogP contribution >= 0.6 is 0 Å². The minimum absolute atomic E-state index is 0.110. The molecule has 0 atom stereocenters. The molecule has 4 rings (SSSR count). The van der Waals surface area contributed by atoms with Crippen molar-refractivity contribution in [3.8, 4) is 11.5 Å². The number of carbonyl (C=O) groups is 1. The first-order valence-electron chi connectivity index (χ1n) is 9.12. The average molecular weight is 371 g/mol. The van der Waals surface area contributed by atoms with Gasteiger partial charge in [0.2, 0.25) is 5.78 Å². The van der Waals surface area contributed by atoms with E-state index < -0.39 is 0 Å². The molecule has 0 fully saturated rings. The SMILES string of the molecule is CN(C)c1ccc(/C=C2\Oc3cc(OCc4ccccc4)ccc3C2=O)cc1. The highest BCUT2D eigenvalue weighted by molar-refractivity contribution is 6.14. The average Bonchev–Trinajstić information content (AvgIpc) is 3.02. The number of allylic oxidation sites excluding steroid dienone is 1. The van der Waals surface area contributed by atoms with Crippen LogP contribution in [0.25, 0.3) is 6.08 Å². The van der Waals surface area contributed by atoms with Gasteiger partial charge >= 0.3 is 0 Å². The summed E-state index contributed by atoms with van der Waals surface area (Å²) in [5.41, 5.74) is 3.66. The van der Waals surface area contributed by atoms with Crippen LogP contribution < -0.4 is 14.4 Å². The summed E-state index contributed by atoms with van der Waals surface area (Å²) in [5, 5.41) is 0. The molecule has 0 N–H and O–H groups in total. The molecule has 3 aromatic carbocycles. The summed E-state index contributed by atoms with van der Waals surface area (Å²) in [6.07, 6.45) is 1.77. The van der Waals surface area contributed by atoms with Crippen molar-refractivity contribution in [3.05, 3.63) is 95.2 Å². The maximum atomic E-state index is 12.6. The fourth-order valence-electron chi connectivity index (χ4n) is 3.02. The van der Waals surface area contributed by atoms with E-state index in [0.29, 0.717) is 29.4 Å². The number of rotatable bonds is 5. The zero-order valence-corrected chi connectivity index (χ0v) is 15.9. The highest BCUT2D eigenvalue weighted by Crippen LogP contribution is 2.35. The second-order valence-corrected chi connectivity index (χ2v) is 6.86. The van der Waals surface area contributed by atoms with Crippen molar-refractivity contribution in [2.24, 2.45) is 0 Å². The highest BCUT2D eigenvalue weighted by atomic mass is 16.5. The van der Waals surface area contributed by atoms with Crippen molar-refractivity contribution in [1.82, 2.24) is 0 Å². The number of carbonyl (C=O) groups excluding carboxylic acids is 1. The molecule has 4 heteroatoms. The topological polar surface area (TPSA) is 38.8 Å².